The van der Waals surface area contributed by atoms with Gasteiger partial charge in [0.15, 0.2) is 5.69 Å². The zero-order valence-electron chi connectivity index (χ0n) is 15.0. The fourth-order valence-corrected chi connectivity index (χ4v) is 2.54. The number of nitrogens with zero attached hydrogens (tertiary/aromatic N) is 2. The second-order valence-corrected chi connectivity index (χ2v) is 5.88. The zero-order valence-corrected chi connectivity index (χ0v) is 15.0. The lowest BCUT2D eigenvalue weighted by molar-refractivity contribution is 0.0946. The summed E-state index contributed by atoms with van der Waals surface area (Å²) in [4.78, 5) is 23.9. The van der Waals surface area contributed by atoms with E-state index in [-0.39, 0.29) is 23.7 Å². The van der Waals surface area contributed by atoms with Crippen molar-refractivity contribution in [3.63, 3.8) is 0 Å². The third-order valence-electron chi connectivity index (χ3n) is 3.89. The van der Waals surface area contributed by atoms with Gasteiger partial charge in [0.25, 0.3) is 5.91 Å². The predicted molar refractivity (Wildman–Crippen MR) is 103 cm³/mol. The molecular weight excluding hydrogens is 362 g/mol. The molecule has 0 radical (unpaired) electrons. The van der Waals surface area contributed by atoms with Crippen LogP contribution in [-0.4, -0.2) is 33.9 Å². The van der Waals surface area contributed by atoms with Crippen LogP contribution in [0.15, 0.2) is 54.7 Å². The molecule has 5 N–H and O–H groups in total. The highest BCUT2D eigenvalue weighted by molar-refractivity contribution is 6.01. The number of hydrogen-bond donors (Lipinski definition) is 4. The molecule has 28 heavy (non-hydrogen) atoms. The SMILES string of the molecule is COc1ccc(CNC(=O)c2nn(-c3cccc(O)c3)cc2NC(N)=O)cc1. The molecule has 3 rings (SSSR count). The molecule has 0 unspecified atom stereocenters. The molecule has 1 heterocycles. The summed E-state index contributed by atoms with van der Waals surface area (Å²) in [7, 11) is 1.58. The lowest BCUT2D eigenvalue weighted by Gasteiger charge is -2.06. The Morgan fingerprint density at radius 2 is 1.96 bits per heavy atom. The second kappa shape index (κ2) is 8.12. The molecule has 3 aromatic rings. The molecule has 9 heteroatoms. The molecule has 0 aliphatic rings. The van der Waals surface area contributed by atoms with Crippen molar-refractivity contribution in [3.8, 4) is 17.2 Å². The molecular formula is C19H19N5O4. The van der Waals surface area contributed by atoms with Gasteiger partial charge in [-0.3, -0.25) is 4.79 Å². The van der Waals surface area contributed by atoms with Gasteiger partial charge in [-0.1, -0.05) is 18.2 Å². The number of phenols is 1. The van der Waals surface area contributed by atoms with E-state index in [4.69, 9.17) is 10.5 Å². The van der Waals surface area contributed by atoms with Crippen LogP contribution in [0.2, 0.25) is 0 Å². The number of phenolic OH excluding ortho intramolecular Hbond substituents is 1. The van der Waals surface area contributed by atoms with Crippen LogP contribution >= 0.6 is 0 Å². The number of anilines is 1. The van der Waals surface area contributed by atoms with E-state index in [1.807, 2.05) is 12.1 Å². The topological polar surface area (TPSA) is 132 Å². The van der Waals surface area contributed by atoms with Crippen molar-refractivity contribution in [1.29, 1.82) is 0 Å². The van der Waals surface area contributed by atoms with E-state index in [1.54, 1.807) is 31.4 Å². The van der Waals surface area contributed by atoms with Crippen molar-refractivity contribution in [2.24, 2.45) is 5.73 Å². The number of nitrogens with two attached hydrogens (primary N) is 1. The summed E-state index contributed by atoms with van der Waals surface area (Å²) >= 11 is 0. The van der Waals surface area contributed by atoms with Crippen LogP contribution in [0.4, 0.5) is 10.5 Å². The van der Waals surface area contributed by atoms with Crippen LogP contribution in [0.5, 0.6) is 11.5 Å². The number of carbonyl (C=O) groups excluding carboxylic acids is 2. The number of benzene rings is 2. The summed E-state index contributed by atoms with van der Waals surface area (Å²) in [5.74, 6) is 0.272. The summed E-state index contributed by atoms with van der Waals surface area (Å²) < 4.78 is 6.47. The van der Waals surface area contributed by atoms with Gasteiger partial charge in [0, 0.05) is 12.6 Å². The first-order valence-corrected chi connectivity index (χ1v) is 8.33. The number of carbonyl (C=O) groups is 2. The molecule has 0 spiro atoms. The minimum Gasteiger partial charge on any atom is -0.508 e. The van der Waals surface area contributed by atoms with Crippen molar-refractivity contribution in [1.82, 2.24) is 15.1 Å². The first-order valence-electron chi connectivity index (χ1n) is 8.33. The Morgan fingerprint density at radius 1 is 1.21 bits per heavy atom. The highest BCUT2D eigenvalue weighted by Gasteiger charge is 2.18. The van der Waals surface area contributed by atoms with E-state index >= 15 is 0 Å². The number of hydrogen-bond acceptors (Lipinski definition) is 5. The normalized spacial score (nSPS) is 10.3. The Labute approximate surface area is 160 Å². The summed E-state index contributed by atoms with van der Waals surface area (Å²) in [5, 5.41) is 19.0. The fraction of sp³-hybridized carbons (Fsp3) is 0.105. The molecule has 0 bridgehead atoms. The number of ether oxygens (including phenoxy) is 1. The molecule has 1 aromatic heterocycles. The third kappa shape index (κ3) is 4.39. The van der Waals surface area contributed by atoms with Crippen LogP contribution in [0, 0.1) is 0 Å². The molecule has 0 aliphatic heterocycles. The van der Waals surface area contributed by atoms with E-state index < -0.39 is 11.9 Å². The molecule has 0 aliphatic carbocycles. The number of amides is 3. The number of primary amides is 1. The van der Waals surface area contributed by atoms with Crippen molar-refractivity contribution < 1.29 is 19.4 Å². The standard InChI is InChI=1S/C19H19N5O4/c1-28-15-7-5-12(6-8-15)10-21-18(26)17-16(22-19(20)27)11-24(23-17)13-3-2-4-14(25)9-13/h2-9,11,25H,10H2,1H3,(H,21,26)(H3,20,22,27). The molecule has 3 amide bonds. The lowest BCUT2D eigenvalue weighted by atomic mass is 10.2. The Balaban J connectivity index is 1.81. The van der Waals surface area contributed by atoms with E-state index in [0.717, 1.165) is 5.56 Å². The van der Waals surface area contributed by atoms with Crippen molar-refractivity contribution in [2.75, 3.05) is 12.4 Å². The van der Waals surface area contributed by atoms with E-state index in [9.17, 15) is 14.7 Å². The van der Waals surface area contributed by atoms with E-state index in [0.29, 0.717) is 11.4 Å². The number of rotatable bonds is 6. The number of aromatic nitrogens is 2. The second-order valence-electron chi connectivity index (χ2n) is 5.88. The smallest absolute Gasteiger partial charge is 0.316 e. The van der Waals surface area contributed by atoms with Crippen molar-refractivity contribution >= 4 is 17.6 Å². The van der Waals surface area contributed by atoms with Gasteiger partial charge in [-0.05, 0) is 29.8 Å². The largest absolute Gasteiger partial charge is 0.508 e. The van der Waals surface area contributed by atoms with E-state index in [2.05, 4.69) is 15.7 Å². The summed E-state index contributed by atoms with van der Waals surface area (Å²) in [6.45, 7) is 0.262. The Bertz CT molecular complexity index is 998. The van der Waals surface area contributed by atoms with Crippen LogP contribution in [0.1, 0.15) is 16.1 Å². The first kappa shape index (κ1) is 18.8. The first-order chi connectivity index (χ1) is 13.5. The minimum absolute atomic E-state index is 0.00402. The van der Waals surface area contributed by atoms with Crippen molar-refractivity contribution in [3.05, 3.63) is 66.0 Å². The van der Waals surface area contributed by atoms with Gasteiger partial charge in [0.1, 0.15) is 11.5 Å². The maximum absolute atomic E-state index is 12.6. The van der Waals surface area contributed by atoms with Crippen LogP contribution in [0.3, 0.4) is 0 Å². The number of urea groups is 1. The number of aromatic hydroxyl groups is 1. The third-order valence-corrected chi connectivity index (χ3v) is 3.89. The molecule has 0 fully saturated rings. The van der Waals surface area contributed by atoms with Gasteiger partial charge >= 0.3 is 6.03 Å². The molecule has 0 saturated heterocycles. The van der Waals surface area contributed by atoms with Crippen LogP contribution in [0.25, 0.3) is 5.69 Å². The summed E-state index contributed by atoms with van der Waals surface area (Å²) in [5.41, 5.74) is 6.72. The van der Waals surface area contributed by atoms with Gasteiger partial charge < -0.3 is 26.2 Å². The van der Waals surface area contributed by atoms with E-state index in [1.165, 1.54) is 23.0 Å². The molecule has 2 aromatic carbocycles. The van der Waals surface area contributed by atoms with Crippen LogP contribution < -0.4 is 21.1 Å². The average molecular weight is 381 g/mol. The highest BCUT2D eigenvalue weighted by Crippen LogP contribution is 2.20. The lowest BCUT2D eigenvalue weighted by Crippen LogP contribution is -2.26. The monoisotopic (exact) mass is 381 g/mol. The van der Waals surface area contributed by atoms with Crippen LogP contribution in [-0.2, 0) is 6.54 Å². The van der Waals surface area contributed by atoms with Gasteiger partial charge in [0.2, 0.25) is 0 Å². The Hall–Kier alpha value is -4.01. The summed E-state index contributed by atoms with van der Waals surface area (Å²) in [6, 6.07) is 12.7. The fourth-order valence-electron chi connectivity index (χ4n) is 2.54. The predicted octanol–water partition coefficient (Wildman–Crippen LogP) is 2.01. The maximum Gasteiger partial charge on any atom is 0.316 e. The Morgan fingerprint density at radius 3 is 2.61 bits per heavy atom. The number of nitrogens with one attached hydrogen (secondary N) is 2. The average Bonchev–Trinajstić information content (AvgIpc) is 3.09. The zero-order chi connectivity index (χ0) is 20.1. The number of methoxy groups -OCH3 is 1. The summed E-state index contributed by atoms with van der Waals surface area (Å²) in [6.07, 6.45) is 1.45. The molecule has 144 valence electrons. The van der Waals surface area contributed by atoms with Crippen molar-refractivity contribution in [2.45, 2.75) is 6.54 Å². The molecule has 0 atom stereocenters. The highest BCUT2D eigenvalue weighted by atomic mass is 16.5. The van der Waals surface area contributed by atoms with Gasteiger partial charge in [0.05, 0.1) is 24.7 Å². The van der Waals surface area contributed by atoms with Gasteiger partial charge in [-0.15, -0.1) is 0 Å². The maximum atomic E-state index is 12.6. The minimum atomic E-state index is -0.820. The molecule has 0 saturated carbocycles. The Kier molecular flexibility index (Phi) is 5.45. The van der Waals surface area contributed by atoms with Gasteiger partial charge in [-0.25, -0.2) is 9.48 Å². The molecule has 9 nitrogen and oxygen atoms in total. The van der Waals surface area contributed by atoms with Gasteiger partial charge in [-0.2, -0.15) is 5.10 Å². The quantitative estimate of drug-likeness (QED) is 0.519.